The van der Waals surface area contributed by atoms with E-state index in [9.17, 15) is 46.5 Å². The van der Waals surface area contributed by atoms with Gasteiger partial charge in [0.05, 0.1) is 16.1 Å². The van der Waals surface area contributed by atoms with Gasteiger partial charge in [-0.3, -0.25) is 14.9 Å². The van der Waals surface area contributed by atoms with Crippen molar-refractivity contribution in [3.05, 3.63) is 67.9 Å². The third kappa shape index (κ3) is 3.98. The molecule has 0 unspecified atom stereocenters. The van der Waals surface area contributed by atoms with Crippen molar-refractivity contribution in [1.82, 2.24) is 0 Å². The Hall–Kier alpha value is -3.42. The molecule has 0 bridgehead atoms. The minimum Gasteiger partial charge on any atom is -0.617 e. The number of rotatable bonds is 3. The van der Waals surface area contributed by atoms with Gasteiger partial charge in [-0.15, -0.1) is 4.73 Å². The van der Waals surface area contributed by atoms with Crippen molar-refractivity contribution in [3.8, 4) is 0 Å². The van der Waals surface area contributed by atoms with Gasteiger partial charge in [-0.05, 0) is 29.5 Å². The lowest BCUT2D eigenvalue weighted by molar-refractivity contribution is -0.574. The van der Waals surface area contributed by atoms with Gasteiger partial charge in [-0.25, -0.2) is 0 Å². The molecule has 3 rings (SSSR count). The largest absolute Gasteiger partial charge is 0.617 e. The fraction of sp³-hybridized carbons (Fsp3) is 0.125. The zero-order valence-corrected chi connectivity index (χ0v) is 15.0. The number of non-ortho nitro benzene ring substituents is 1. The summed E-state index contributed by atoms with van der Waals surface area (Å²) in [6.45, 7) is 0. The predicted molar refractivity (Wildman–Crippen MR) is 91.8 cm³/mol. The SMILES string of the molecule is O=C(Nc1cccc(C(F)(F)F)c1)c1sc2c([N+](=O)[O-])cc(C(F)(F)F)cc2[n+]1[O-]. The molecule has 1 N–H and O–H groups in total. The number of halogens is 6. The van der Waals surface area contributed by atoms with E-state index in [4.69, 9.17) is 0 Å². The molecule has 0 saturated carbocycles. The fourth-order valence-corrected chi connectivity index (χ4v) is 3.50. The third-order valence-corrected chi connectivity index (χ3v) is 4.98. The molecule has 3 aromatic rings. The van der Waals surface area contributed by atoms with E-state index >= 15 is 0 Å². The molecule has 0 radical (unpaired) electrons. The maximum atomic E-state index is 13.0. The first-order chi connectivity index (χ1) is 13.8. The summed E-state index contributed by atoms with van der Waals surface area (Å²) in [7, 11) is 0. The van der Waals surface area contributed by atoms with E-state index in [2.05, 4.69) is 0 Å². The van der Waals surface area contributed by atoms with Crippen LogP contribution < -0.4 is 10.0 Å². The van der Waals surface area contributed by atoms with Gasteiger partial charge in [0.25, 0.3) is 5.69 Å². The highest BCUT2D eigenvalue weighted by molar-refractivity contribution is 7.20. The number of amides is 1. The summed E-state index contributed by atoms with van der Waals surface area (Å²) in [4.78, 5) is 22.3. The Morgan fingerprint density at radius 1 is 1.03 bits per heavy atom. The van der Waals surface area contributed by atoms with Crippen molar-refractivity contribution < 1.29 is 40.8 Å². The molecule has 1 aromatic heterocycles. The number of aromatic nitrogens is 1. The number of fused-ring (bicyclic) bond motifs is 1. The number of thiazole rings is 1. The van der Waals surface area contributed by atoms with Crippen molar-refractivity contribution >= 4 is 38.8 Å². The minimum atomic E-state index is -4.99. The summed E-state index contributed by atoms with van der Waals surface area (Å²) in [5, 5.41) is 24.7. The van der Waals surface area contributed by atoms with E-state index in [-0.39, 0.29) is 27.8 Å². The molecule has 0 saturated heterocycles. The molecule has 0 aliphatic rings. The van der Waals surface area contributed by atoms with E-state index in [1.165, 1.54) is 0 Å². The van der Waals surface area contributed by atoms with E-state index in [0.717, 1.165) is 18.2 Å². The van der Waals surface area contributed by atoms with Crippen LogP contribution in [-0.4, -0.2) is 10.8 Å². The molecule has 7 nitrogen and oxygen atoms in total. The number of hydrogen-bond acceptors (Lipinski definition) is 5. The van der Waals surface area contributed by atoms with E-state index in [0.29, 0.717) is 12.1 Å². The number of benzene rings is 2. The van der Waals surface area contributed by atoms with Crippen molar-refractivity contribution in [2.24, 2.45) is 0 Å². The van der Waals surface area contributed by atoms with Gasteiger partial charge in [0.15, 0.2) is 4.70 Å². The van der Waals surface area contributed by atoms with Gasteiger partial charge in [0.2, 0.25) is 5.52 Å². The lowest BCUT2D eigenvalue weighted by atomic mass is 10.2. The number of carbonyl (C=O) groups is 1. The van der Waals surface area contributed by atoms with Crippen LogP contribution in [0.3, 0.4) is 0 Å². The highest BCUT2D eigenvalue weighted by Crippen LogP contribution is 2.38. The van der Waals surface area contributed by atoms with Crippen LogP contribution >= 0.6 is 11.3 Å². The molecule has 30 heavy (non-hydrogen) atoms. The molecule has 0 spiro atoms. The monoisotopic (exact) mass is 451 g/mol. The molecule has 2 aromatic carbocycles. The highest BCUT2D eigenvalue weighted by atomic mass is 32.1. The summed E-state index contributed by atoms with van der Waals surface area (Å²) in [6.07, 6.45) is -9.69. The van der Waals surface area contributed by atoms with Gasteiger partial charge in [0, 0.05) is 17.8 Å². The zero-order chi connectivity index (χ0) is 22.4. The van der Waals surface area contributed by atoms with Gasteiger partial charge in [0.1, 0.15) is 0 Å². The second-order valence-corrected chi connectivity index (χ2v) is 6.83. The third-order valence-electron chi connectivity index (χ3n) is 3.82. The van der Waals surface area contributed by atoms with Crippen LogP contribution in [0.25, 0.3) is 10.2 Å². The number of nitro benzene ring substituents is 1. The molecule has 0 atom stereocenters. The molecule has 1 amide bonds. The number of hydrogen-bond donors (Lipinski definition) is 1. The molecule has 1 heterocycles. The maximum Gasteiger partial charge on any atom is 0.416 e. The highest BCUT2D eigenvalue weighted by Gasteiger charge is 2.37. The first-order valence-corrected chi connectivity index (χ1v) is 8.51. The average molecular weight is 451 g/mol. The molecule has 14 heteroatoms. The summed E-state index contributed by atoms with van der Waals surface area (Å²) < 4.78 is 76.5. The smallest absolute Gasteiger partial charge is 0.416 e. The summed E-state index contributed by atoms with van der Waals surface area (Å²) >= 11 is 0.242. The normalized spacial score (nSPS) is 12.2. The first kappa shape index (κ1) is 21.3. The van der Waals surface area contributed by atoms with Crippen LogP contribution in [0.5, 0.6) is 0 Å². The first-order valence-electron chi connectivity index (χ1n) is 7.69. The Morgan fingerprint density at radius 3 is 2.23 bits per heavy atom. The zero-order valence-electron chi connectivity index (χ0n) is 14.2. The average Bonchev–Trinajstić information content (AvgIpc) is 2.96. The number of nitrogens with one attached hydrogen (secondary N) is 1. The molecule has 0 aliphatic carbocycles. The van der Waals surface area contributed by atoms with Crippen molar-refractivity contribution in [1.29, 1.82) is 0 Å². The van der Waals surface area contributed by atoms with Crippen LogP contribution in [0.4, 0.5) is 37.7 Å². The van der Waals surface area contributed by atoms with Crippen molar-refractivity contribution in [2.75, 3.05) is 5.32 Å². The number of nitrogens with zero attached hydrogens (tertiary/aromatic N) is 2. The van der Waals surface area contributed by atoms with Crippen LogP contribution in [0.15, 0.2) is 36.4 Å². The Kier molecular flexibility index (Phi) is 5.06. The molecule has 158 valence electrons. The van der Waals surface area contributed by atoms with Crippen LogP contribution in [0.1, 0.15) is 20.9 Å². The van der Waals surface area contributed by atoms with Gasteiger partial charge in [-0.1, -0.05) is 6.07 Å². The van der Waals surface area contributed by atoms with Gasteiger partial charge >= 0.3 is 23.3 Å². The molecular formula is C16H7F6N3O4S. The lowest BCUT2D eigenvalue weighted by Crippen LogP contribution is -2.34. The fourth-order valence-electron chi connectivity index (χ4n) is 2.50. The number of alkyl halides is 6. The Morgan fingerprint density at radius 2 is 1.67 bits per heavy atom. The second-order valence-electron chi connectivity index (χ2n) is 5.83. The summed E-state index contributed by atoms with van der Waals surface area (Å²) in [6, 6.07) is 4.00. The van der Waals surface area contributed by atoms with Gasteiger partial charge < -0.3 is 10.5 Å². The van der Waals surface area contributed by atoms with E-state index in [1.54, 1.807) is 0 Å². The van der Waals surface area contributed by atoms with Crippen molar-refractivity contribution in [2.45, 2.75) is 12.4 Å². The standard InChI is InChI=1S/C16H7F6N3O4S/c17-15(18,19)7-2-1-3-9(4-7)23-13(26)14-24(27)10-5-8(16(20,21)22)6-11(25(28)29)12(10)30-14/h1-6H,(H,23,26). The molecule has 0 aliphatic heterocycles. The van der Waals surface area contributed by atoms with E-state index < -0.39 is 55.2 Å². The number of nitro groups is 1. The lowest BCUT2D eigenvalue weighted by Gasteiger charge is -2.09. The number of carbonyl (C=O) groups excluding carboxylic acids is 1. The maximum absolute atomic E-state index is 13.0. The van der Waals surface area contributed by atoms with Gasteiger partial charge in [-0.2, -0.15) is 26.3 Å². The van der Waals surface area contributed by atoms with E-state index in [1.807, 2.05) is 5.32 Å². The topological polar surface area (TPSA) is 99.2 Å². The summed E-state index contributed by atoms with van der Waals surface area (Å²) in [5.74, 6) is -1.24. The summed E-state index contributed by atoms with van der Waals surface area (Å²) in [5.41, 5.74) is -4.69. The quantitative estimate of drug-likeness (QED) is 0.205. The number of anilines is 1. The Labute approximate surface area is 165 Å². The minimum absolute atomic E-state index is 0.229. The predicted octanol–water partition coefficient (Wildman–Crippen LogP) is 4.73. The molecular weight excluding hydrogens is 444 g/mol. The Balaban J connectivity index is 2.07. The van der Waals surface area contributed by atoms with Crippen LogP contribution in [0, 0.1) is 15.3 Å². The second kappa shape index (κ2) is 7.12. The molecule has 0 fully saturated rings. The van der Waals surface area contributed by atoms with Crippen molar-refractivity contribution in [3.63, 3.8) is 0 Å². The Bertz CT molecular complexity index is 1170. The van der Waals surface area contributed by atoms with Crippen LogP contribution in [-0.2, 0) is 12.4 Å². The van der Waals surface area contributed by atoms with Crippen LogP contribution in [0.2, 0.25) is 0 Å².